The lowest BCUT2D eigenvalue weighted by molar-refractivity contribution is 0.635. The fourth-order valence-electron chi connectivity index (χ4n) is 1.81. The van der Waals surface area contributed by atoms with Crippen LogP contribution >= 0.6 is 15.9 Å². The number of aromatic nitrogens is 3. The van der Waals surface area contributed by atoms with Crippen LogP contribution in [0, 0.1) is 5.92 Å². The first-order valence-corrected chi connectivity index (χ1v) is 7.04. The van der Waals surface area contributed by atoms with Crippen LogP contribution in [0.15, 0.2) is 29.0 Å². The Kier molecular flexibility index (Phi) is 4.47. The van der Waals surface area contributed by atoms with Crippen molar-refractivity contribution in [3.8, 4) is 11.4 Å². The van der Waals surface area contributed by atoms with Crippen LogP contribution in [0.4, 0.5) is 5.82 Å². The predicted octanol–water partition coefficient (Wildman–Crippen LogP) is 3.54. The minimum Gasteiger partial charge on any atom is -0.373 e. The highest BCUT2D eigenvalue weighted by Gasteiger charge is 2.08. The van der Waals surface area contributed by atoms with E-state index in [1.54, 1.807) is 12.4 Å². The van der Waals surface area contributed by atoms with Crippen molar-refractivity contribution in [1.82, 2.24) is 15.0 Å². The molecule has 0 atom stereocenters. The summed E-state index contributed by atoms with van der Waals surface area (Å²) in [6.07, 6.45) is 4.46. The molecule has 0 aliphatic heterocycles. The van der Waals surface area contributed by atoms with Crippen molar-refractivity contribution in [2.24, 2.45) is 5.92 Å². The second-order valence-corrected chi connectivity index (χ2v) is 5.72. The molecular formula is C14H17BrN4. The van der Waals surface area contributed by atoms with Gasteiger partial charge in [-0.05, 0) is 34.3 Å². The van der Waals surface area contributed by atoms with Gasteiger partial charge in [0.2, 0.25) is 0 Å². The molecule has 2 aromatic rings. The summed E-state index contributed by atoms with van der Waals surface area (Å²) in [6, 6.07) is 3.97. The molecule has 0 aromatic carbocycles. The van der Waals surface area contributed by atoms with Gasteiger partial charge in [-0.15, -0.1) is 0 Å². The van der Waals surface area contributed by atoms with Gasteiger partial charge in [-0.25, -0.2) is 9.97 Å². The Morgan fingerprint density at radius 3 is 2.63 bits per heavy atom. The number of hydrogen-bond acceptors (Lipinski definition) is 4. The lowest BCUT2D eigenvalue weighted by atomic mass is 10.1. The molecule has 2 heterocycles. The van der Waals surface area contributed by atoms with Crippen molar-refractivity contribution in [3.63, 3.8) is 0 Å². The molecule has 0 saturated heterocycles. The zero-order valence-corrected chi connectivity index (χ0v) is 12.9. The Bertz CT molecular complexity index is 569. The van der Waals surface area contributed by atoms with E-state index in [0.29, 0.717) is 11.7 Å². The third-order valence-corrected chi connectivity index (χ3v) is 3.05. The minimum absolute atomic E-state index is 0.563. The SMILES string of the molecule is CNc1cc(CC(C)C)nc(-c2cncc(Br)c2)n1. The van der Waals surface area contributed by atoms with Crippen LogP contribution in [0.5, 0.6) is 0 Å². The van der Waals surface area contributed by atoms with E-state index in [-0.39, 0.29) is 0 Å². The van der Waals surface area contributed by atoms with Gasteiger partial charge in [-0.2, -0.15) is 0 Å². The molecule has 5 heteroatoms. The van der Waals surface area contributed by atoms with Gasteiger partial charge in [0.25, 0.3) is 0 Å². The zero-order valence-electron chi connectivity index (χ0n) is 11.3. The molecule has 1 N–H and O–H groups in total. The van der Waals surface area contributed by atoms with Gasteiger partial charge >= 0.3 is 0 Å². The molecule has 2 rings (SSSR count). The predicted molar refractivity (Wildman–Crippen MR) is 81.1 cm³/mol. The van der Waals surface area contributed by atoms with Crippen LogP contribution in [0.2, 0.25) is 0 Å². The highest BCUT2D eigenvalue weighted by atomic mass is 79.9. The second-order valence-electron chi connectivity index (χ2n) is 4.81. The van der Waals surface area contributed by atoms with Crippen LogP contribution in [0.25, 0.3) is 11.4 Å². The van der Waals surface area contributed by atoms with Crippen molar-refractivity contribution < 1.29 is 0 Å². The van der Waals surface area contributed by atoms with Crippen LogP contribution < -0.4 is 5.32 Å². The quantitative estimate of drug-likeness (QED) is 0.936. The monoisotopic (exact) mass is 320 g/mol. The van der Waals surface area contributed by atoms with E-state index in [0.717, 1.165) is 28.0 Å². The molecule has 0 unspecified atom stereocenters. The minimum atomic E-state index is 0.563. The maximum atomic E-state index is 4.62. The first kappa shape index (κ1) is 13.9. The maximum absolute atomic E-state index is 4.62. The van der Waals surface area contributed by atoms with Crippen LogP contribution in [-0.2, 0) is 6.42 Å². The first-order valence-electron chi connectivity index (χ1n) is 6.25. The molecular weight excluding hydrogens is 304 g/mol. The first-order chi connectivity index (χ1) is 9.08. The molecule has 0 aliphatic carbocycles. The number of pyridine rings is 1. The average molecular weight is 321 g/mol. The molecule has 0 aliphatic rings. The molecule has 0 saturated carbocycles. The largest absolute Gasteiger partial charge is 0.373 e. The summed E-state index contributed by atoms with van der Waals surface area (Å²) in [7, 11) is 1.87. The zero-order chi connectivity index (χ0) is 13.8. The van der Waals surface area contributed by atoms with Crippen LogP contribution in [0.3, 0.4) is 0 Å². The maximum Gasteiger partial charge on any atom is 0.163 e. The standard InChI is InChI=1S/C14H17BrN4/c1-9(2)4-12-6-13(16-3)19-14(18-12)10-5-11(15)8-17-7-10/h5-9H,4H2,1-3H3,(H,16,18,19). The third kappa shape index (κ3) is 3.73. The van der Waals surface area contributed by atoms with Gasteiger partial charge in [-0.3, -0.25) is 4.98 Å². The van der Waals surface area contributed by atoms with Crippen molar-refractivity contribution in [3.05, 3.63) is 34.7 Å². The van der Waals surface area contributed by atoms with Gasteiger partial charge < -0.3 is 5.32 Å². The molecule has 100 valence electrons. The summed E-state index contributed by atoms with van der Waals surface area (Å²) in [5.74, 6) is 2.10. The summed E-state index contributed by atoms with van der Waals surface area (Å²) < 4.78 is 0.925. The fraction of sp³-hybridized carbons (Fsp3) is 0.357. The van der Waals surface area contributed by atoms with E-state index in [9.17, 15) is 0 Å². The summed E-state index contributed by atoms with van der Waals surface area (Å²) in [4.78, 5) is 13.3. The highest BCUT2D eigenvalue weighted by Crippen LogP contribution is 2.21. The third-order valence-electron chi connectivity index (χ3n) is 2.62. The number of nitrogens with zero attached hydrogens (tertiary/aromatic N) is 3. The smallest absolute Gasteiger partial charge is 0.163 e. The van der Waals surface area contributed by atoms with E-state index >= 15 is 0 Å². The molecule has 0 spiro atoms. The second kappa shape index (κ2) is 6.10. The number of rotatable bonds is 4. The van der Waals surface area contributed by atoms with Gasteiger partial charge in [0.1, 0.15) is 5.82 Å². The van der Waals surface area contributed by atoms with E-state index in [1.807, 2.05) is 19.2 Å². The van der Waals surface area contributed by atoms with Crippen molar-refractivity contribution in [2.45, 2.75) is 20.3 Å². The van der Waals surface area contributed by atoms with E-state index in [4.69, 9.17) is 0 Å². The van der Waals surface area contributed by atoms with Gasteiger partial charge in [0.15, 0.2) is 5.82 Å². The molecule has 0 fully saturated rings. The van der Waals surface area contributed by atoms with E-state index < -0.39 is 0 Å². The molecule has 0 amide bonds. The lowest BCUT2D eigenvalue weighted by Gasteiger charge is -2.09. The number of hydrogen-bond donors (Lipinski definition) is 1. The van der Waals surface area contributed by atoms with Crippen LogP contribution in [0.1, 0.15) is 19.5 Å². The molecule has 2 aromatic heterocycles. The summed E-state index contributed by atoms with van der Waals surface area (Å²) in [5.41, 5.74) is 1.96. The summed E-state index contributed by atoms with van der Waals surface area (Å²) >= 11 is 3.42. The number of halogens is 1. The Morgan fingerprint density at radius 1 is 1.21 bits per heavy atom. The summed E-state index contributed by atoms with van der Waals surface area (Å²) in [5, 5.41) is 3.08. The van der Waals surface area contributed by atoms with Gasteiger partial charge in [0, 0.05) is 41.2 Å². The molecule has 0 bridgehead atoms. The molecule has 0 radical (unpaired) electrons. The van der Waals surface area contributed by atoms with Crippen molar-refractivity contribution in [2.75, 3.05) is 12.4 Å². The molecule has 4 nitrogen and oxygen atoms in total. The van der Waals surface area contributed by atoms with Gasteiger partial charge in [-0.1, -0.05) is 13.8 Å². The van der Waals surface area contributed by atoms with Crippen LogP contribution in [-0.4, -0.2) is 22.0 Å². The average Bonchev–Trinajstić information content (AvgIpc) is 2.37. The molecule has 19 heavy (non-hydrogen) atoms. The summed E-state index contributed by atoms with van der Waals surface area (Å²) in [6.45, 7) is 4.36. The number of nitrogens with one attached hydrogen (secondary N) is 1. The lowest BCUT2D eigenvalue weighted by Crippen LogP contribution is -2.03. The van der Waals surface area contributed by atoms with E-state index in [1.165, 1.54) is 0 Å². The topological polar surface area (TPSA) is 50.7 Å². The Balaban J connectivity index is 2.44. The normalized spacial score (nSPS) is 10.8. The number of anilines is 1. The highest BCUT2D eigenvalue weighted by molar-refractivity contribution is 9.10. The van der Waals surface area contributed by atoms with Crippen molar-refractivity contribution in [1.29, 1.82) is 0 Å². The Morgan fingerprint density at radius 2 is 2.00 bits per heavy atom. The Hall–Kier alpha value is -1.49. The Labute approximate surface area is 121 Å². The fourth-order valence-corrected chi connectivity index (χ4v) is 2.18. The van der Waals surface area contributed by atoms with Crippen molar-refractivity contribution >= 4 is 21.7 Å². The van der Waals surface area contributed by atoms with E-state index in [2.05, 4.69) is 50.0 Å². The van der Waals surface area contributed by atoms with Gasteiger partial charge in [0.05, 0.1) is 0 Å².